The van der Waals surface area contributed by atoms with Crippen molar-refractivity contribution < 1.29 is 28.7 Å². The zero-order chi connectivity index (χ0) is 20.4. The largest absolute Gasteiger partial charge is 0.455 e. The molecular weight excluding hydrogens is 374 g/mol. The third-order valence-electron chi connectivity index (χ3n) is 5.11. The summed E-state index contributed by atoms with van der Waals surface area (Å²) in [7, 11) is 0. The first-order chi connectivity index (χ1) is 14.0. The summed E-state index contributed by atoms with van der Waals surface area (Å²) >= 11 is 0. The van der Waals surface area contributed by atoms with Crippen LogP contribution in [0.1, 0.15) is 44.7 Å². The van der Waals surface area contributed by atoms with E-state index >= 15 is 0 Å². The number of anilines is 1. The number of carbonyl (C=O) groups excluding carboxylic acids is 4. The summed E-state index contributed by atoms with van der Waals surface area (Å²) in [5.74, 6) is -1.66. The van der Waals surface area contributed by atoms with Gasteiger partial charge in [-0.15, -0.1) is 0 Å². The molecule has 1 aliphatic heterocycles. The van der Waals surface area contributed by atoms with E-state index in [0.717, 1.165) is 0 Å². The fourth-order valence-corrected chi connectivity index (χ4v) is 3.56. The standard InChI is InChI=1S/C22H19NO6/c24-19(12-29-22(27)13-7-9-28-10-8-13)23-14-5-6-17-18(11-14)21(26)16-4-2-1-3-15(16)20(17)25/h1-6,11,13H,7-10,12H2,(H,23,24). The van der Waals surface area contributed by atoms with E-state index in [0.29, 0.717) is 48.4 Å². The maximum absolute atomic E-state index is 12.7. The average molecular weight is 393 g/mol. The molecule has 0 atom stereocenters. The van der Waals surface area contributed by atoms with E-state index in [1.165, 1.54) is 12.1 Å². The van der Waals surface area contributed by atoms with Gasteiger partial charge in [-0.3, -0.25) is 19.2 Å². The van der Waals surface area contributed by atoms with Crippen LogP contribution in [0.15, 0.2) is 42.5 Å². The van der Waals surface area contributed by atoms with Gasteiger partial charge in [0.15, 0.2) is 18.2 Å². The quantitative estimate of drug-likeness (QED) is 0.684. The molecule has 0 saturated carbocycles. The van der Waals surface area contributed by atoms with Crippen LogP contribution in [-0.4, -0.2) is 43.3 Å². The highest BCUT2D eigenvalue weighted by Gasteiger charge is 2.29. The van der Waals surface area contributed by atoms with Crippen LogP contribution >= 0.6 is 0 Å². The lowest BCUT2D eigenvalue weighted by atomic mass is 9.84. The summed E-state index contributed by atoms with van der Waals surface area (Å²) in [6.07, 6.45) is 1.17. The lowest BCUT2D eigenvalue weighted by Gasteiger charge is -2.20. The fraction of sp³-hybridized carbons (Fsp3) is 0.273. The van der Waals surface area contributed by atoms with E-state index < -0.39 is 18.5 Å². The van der Waals surface area contributed by atoms with Crippen LogP contribution in [0.3, 0.4) is 0 Å². The Morgan fingerprint density at radius 2 is 1.55 bits per heavy atom. The molecule has 148 valence electrons. The number of ketones is 2. The van der Waals surface area contributed by atoms with E-state index in [2.05, 4.69) is 5.32 Å². The van der Waals surface area contributed by atoms with Gasteiger partial charge in [0.1, 0.15) is 0 Å². The lowest BCUT2D eigenvalue weighted by Crippen LogP contribution is -2.28. The summed E-state index contributed by atoms with van der Waals surface area (Å²) < 4.78 is 10.3. The van der Waals surface area contributed by atoms with Gasteiger partial charge in [0.25, 0.3) is 5.91 Å². The van der Waals surface area contributed by atoms with Gasteiger partial charge in [-0.05, 0) is 31.0 Å². The number of hydrogen-bond acceptors (Lipinski definition) is 6. The van der Waals surface area contributed by atoms with Crippen molar-refractivity contribution in [2.75, 3.05) is 25.1 Å². The number of rotatable bonds is 4. The molecule has 1 amide bonds. The second kappa shape index (κ2) is 7.97. The molecule has 0 bridgehead atoms. The Bertz CT molecular complexity index is 1010. The Hall–Kier alpha value is -3.32. The smallest absolute Gasteiger partial charge is 0.309 e. The molecule has 2 aromatic carbocycles. The van der Waals surface area contributed by atoms with Gasteiger partial charge in [-0.1, -0.05) is 24.3 Å². The van der Waals surface area contributed by atoms with Crippen LogP contribution in [0.5, 0.6) is 0 Å². The molecule has 1 N–H and O–H groups in total. The van der Waals surface area contributed by atoms with E-state index in [1.807, 2.05) is 0 Å². The van der Waals surface area contributed by atoms with Crippen LogP contribution in [0.25, 0.3) is 0 Å². The number of fused-ring (bicyclic) bond motifs is 2. The predicted molar refractivity (Wildman–Crippen MR) is 103 cm³/mol. The molecule has 4 rings (SSSR count). The first-order valence-electron chi connectivity index (χ1n) is 9.41. The molecule has 1 saturated heterocycles. The second-order valence-corrected chi connectivity index (χ2v) is 7.01. The molecule has 1 heterocycles. The Morgan fingerprint density at radius 3 is 2.24 bits per heavy atom. The highest BCUT2D eigenvalue weighted by molar-refractivity contribution is 6.28. The number of esters is 1. The molecule has 0 spiro atoms. The van der Waals surface area contributed by atoms with E-state index in [4.69, 9.17) is 9.47 Å². The molecule has 1 fully saturated rings. The number of amides is 1. The predicted octanol–water partition coefficient (Wildman–Crippen LogP) is 2.37. The number of carbonyl (C=O) groups is 4. The van der Waals surface area contributed by atoms with Crippen LogP contribution < -0.4 is 5.32 Å². The molecule has 7 nitrogen and oxygen atoms in total. The van der Waals surface area contributed by atoms with Crippen molar-refractivity contribution in [3.05, 3.63) is 64.7 Å². The molecule has 1 aliphatic carbocycles. The minimum Gasteiger partial charge on any atom is -0.455 e. The third-order valence-corrected chi connectivity index (χ3v) is 5.11. The van der Waals surface area contributed by atoms with Gasteiger partial charge in [0, 0.05) is 41.2 Å². The molecule has 0 aromatic heterocycles. The van der Waals surface area contributed by atoms with Gasteiger partial charge in [0.05, 0.1) is 5.92 Å². The van der Waals surface area contributed by atoms with E-state index in [9.17, 15) is 19.2 Å². The van der Waals surface area contributed by atoms with Crippen molar-refractivity contribution >= 4 is 29.1 Å². The Labute approximate surface area is 167 Å². The summed E-state index contributed by atoms with van der Waals surface area (Å²) in [5.41, 5.74) is 1.63. The molecule has 0 unspecified atom stereocenters. The molecule has 0 radical (unpaired) electrons. The van der Waals surface area contributed by atoms with Gasteiger partial charge >= 0.3 is 5.97 Å². The minimum absolute atomic E-state index is 0.224. The maximum Gasteiger partial charge on any atom is 0.309 e. The molecule has 29 heavy (non-hydrogen) atoms. The molecular formula is C22H19NO6. The maximum atomic E-state index is 12.7. The highest BCUT2D eigenvalue weighted by atomic mass is 16.5. The monoisotopic (exact) mass is 393 g/mol. The summed E-state index contributed by atoms with van der Waals surface area (Å²) in [6.45, 7) is 0.608. The highest BCUT2D eigenvalue weighted by Crippen LogP contribution is 2.29. The Morgan fingerprint density at radius 1 is 0.931 bits per heavy atom. The number of hydrogen-bond donors (Lipinski definition) is 1. The van der Waals surface area contributed by atoms with Gasteiger partial charge in [-0.2, -0.15) is 0 Å². The SMILES string of the molecule is O=C(COC(=O)C1CCOCC1)Nc1ccc2c(c1)C(=O)c1ccccc1C2=O. The number of nitrogens with one attached hydrogen (secondary N) is 1. The van der Waals surface area contributed by atoms with Crippen LogP contribution in [0.2, 0.25) is 0 Å². The van der Waals surface area contributed by atoms with Crippen molar-refractivity contribution in [1.82, 2.24) is 0 Å². The lowest BCUT2D eigenvalue weighted by molar-refractivity contribution is -0.154. The Balaban J connectivity index is 1.43. The zero-order valence-corrected chi connectivity index (χ0v) is 15.6. The topological polar surface area (TPSA) is 98.8 Å². The molecule has 7 heteroatoms. The van der Waals surface area contributed by atoms with Gasteiger partial charge in [-0.25, -0.2) is 0 Å². The molecule has 2 aliphatic rings. The first kappa shape index (κ1) is 19.0. The third kappa shape index (κ3) is 3.82. The number of benzene rings is 2. The second-order valence-electron chi connectivity index (χ2n) is 7.01. The van der Waals surface area contributed by atoms with Gasteiger partial charge < -0.3 is 14.8 Å². The minimum atomic E-state index is -0.514. The van der Waals surface area contributed by atoms with Crippen LogP contribution in [-0.2, 0) is 19.1 Å². The average Bonchev–Trinajstić information content (AvgIpc) is 2.76. The Kier molecular flexibility index (Phi) is 5.22. The van der Waals surface area contributed by atoms with Gasteiger partial charge in [0.2, 0.25) is 0 Å². The summed E-state index contributed by atoms with van der Waals surface area (Å²) in [5, 5.41) is 2.61. The van der Waals surface area contributed by atoms with E-state index in [-0.39, 0.29) is 23.0 Å². The molecule has 2 aromatic rings. The normalized spacial score (nSPS) is 16.0. The van der Waals surface area contributed by atoms with Crippen molar-refractivity contribution in [2.24, 2.45) is 5.92 Å². The van der Waals surface area contributed by atoms with Crippen molar-refractivity contribution in [1.29, 1.82) is 0 Å². The van der Waals surface area contributed by atoms with Crippen LogP contribution in [0, 0.1) is 5.92 Å². The van der Waals surface area contributed by atoms with Crippen molar-refractivity contribution in [3.63, 3.8) is 0 Å². The van der Waals surface area contributed by atoms with Crippen molar-refractivity contribution in [3.8, 4) is 0 Å². The fourth-order valence-electron chi connectivity index (χ4n) is 3.56. The van der Waals surface area contributed by atoms with Crippen molar-refractivity contribution in [2.45, 2.75) is 12.8 Å². The number of ether oxygens (including phenoxy) is 2. The zero-order valence-electron chi connectivity index (χ0n) is 15.6. The van der Waals surface area contributed by atoms with Crippen LogP contribution in [0.4, 0.5) is 5.69 Å². The van der Waals surface area contributed by atoms with E-state index in [1.54, 1.807) is 30.3 Å². The summed E-state index contributed by atoms with van der Waals surface area (Å²) in [6, 6.07) is 11.2. The first-order valence-corrected chi connectivity index (χ1v) is 9.41. The summed E-state index contributed by atoms with van der Waals surface area (Å²) in [4.78, 5) is 49.5.